The van der Waals surface area contributed by atoms with E-state index in [0.29, 0.717) is 36.9 Å². The quantitative estimate of drug-likeness (QED) is 0.671. The van der Waals surface area contributed by atoms with Crippen LogP contribution in [-0.4, -0.2) is 44.7 Å². The first-order chi connectivity index (χ1) is 13.5. The van der Waals surface area contributed by atoms with Crippen molar-refractivity contribution in [2.75, 3.05) is 43.5 Å². The summed E-state index contributed by atoms with van der Waals surface area (Å²) in [6.45, 7) is 6.00. The van der Waals surface area contributed by atoms with Crippen molar-refractivity contribution in [3.05, 3.63) is 48.0 Å². The maximum atomic E-state index is 12.4. The number of carbonyl (C=O) groups is 2. The van der Waals surface area contributed by atoms with Crippen molar-refractivity contribution in [1.82, 2.24) is 0 Å². The van der Waals surface area contributed by atoms with Gasteiger partial charge in [-0.2, -0.15) is 0 Å². The van der Waals surface area contributed by atoms with E-state index in [9.17, 15) is 9.59 Å². The van der Waals surface area contributed by atoms with Crippen molar-refractivity contribution >= 4 is 23.2 Å². The summed E-state index contributed by atoms with van der Waals surface area (Å²) in [4.78, 5) is 25.6. The summed E-state index contributed by atoms with van der Waals surface area (Å²) in [5.74, 6) is 1.04. The lowest BCUT2D eigenvalue weighted by atomic mass is 10.2. The van der Waals surface area contributed by atoms with Crippen molar-refractivity contribution in [2.24, 2.45) is 0 Å². The molecule has 3 rings (SSSR count). The van der Waals surface area contributed by atoms with Gasteiger partial charge in [0.15, 0.2) is 24.6 Å². The highest BCUT2D eigenvalue weighted by Crippen LogP contribution is 2.32. The van der Waals surface area contributed by atoms with Crippen molar-refractivity contribution in [3.8, 4) is 11.5 Å². The number of amides is 2. The molecule has 2 amide bonds. The SMILES string of the molecule is CC[NH+](CC(=O)Nc1ccc2c(c1)OCCO2)CC(=O)Nc1ccccc1C. The lowest BCUT2D eigenvalue weighted by Crippen LogP contribution is -3.13. The average molecular weight is 384 g/mol. The van der Waals surface area contributed by atoms with Gasteiger partial charge in [0, 0.05) is 17.4 Å². The van der Waals surface area contributed by atoms with Gasteiger partial charge in [-0.15, -0.1) is 0 Å². The van der Waals surface area contributed by atoms with Crippen LogP contribution < -0.4 is 25.0 Å². The molecule has 2 aromatic carbocycles. The molecular weight excluding hydrogens is 358 g/mol. The van der Waals surface area contributed by atoms with Gasteiger partial charge in [-0.1, -0.05) is 18.2 Å². The maximum absolute atomic E-state index is 12.4. The molecule has 0 aromatic heterocycles. The molecular formula is C21H26N3O4+. The Balaban J connectivity index is 1.53. The van der Waals surface area contributed by atoms with Crippen LogP contribution in [0.4, 0.5) is 11.4 Å². The molecule has 0 saturated carbocycles. The van der Waals surface area contributed by atoms with E-state index in [0.717, 1.165) is 16.2 Å². The molecule has 1 aliphatic rings. The first-order valence-electron chi connectivity index (χ1n) is 9.43. The third kappa shape index (κ3) is 5.23. The molecule has 148 valence electrons. The molecule has 1 unspecified atom stereocenters. The Labute approximate surface area is 164 Å². The fourth-order valence-corrected chi connectivity index (χ4v) is 3.00. The van der Waals surface area contributed by atoms with Crippen LogP contribution in [0.25, 0.3) is 0 Å². The van der Waals surface area contributed by atoms with E-state index in [-0.39, 0.29) is 24.9 Å². The van der Waals surface area contributed by atoms with Crippen LogP contribution in [0.5, 0.6) is 11.5 Å². The first kappa shape index (κ1) is 19.7. The summed E-state index contributed by atoms with van der Waals surface area (Å²) in [5.41, 5.74) is 2.45. The third-order valence-corrected chi connectivity index (χ3v) is 4.57. The summed E-state index contributed by atoms with van der Waals surface area (Å²) in [7, 11) is 0. The largest absolute Gasteiger partial charge is 0.486 e. The molecule has 1 heterocycles. The van der Waals surface area contributed by atoms with Gasteiger partial charge < -0.3 is 25.0 Å². The Hall–Kier alpha value is -3.06. The predicted octanol–water partition coefficient (Wildman–Crippen LogP) is 1.25. The second kappa shape index (κ2) is 9.23. The van der Waals surface area contributed by atoms with Gasteiger partial charge in [0.05, 0.1) is 6.54 Å². The molecule has 2 aromatic rings. The topological polar surface area (TPSA) is 81.1 Å². The zero-order valence-corrected chi connectivity index (χ0v) is 16.2. The first-order valence-corrected chi connectivity index (χ1v) is 9.43. The summed E-state index contributed by atoms with van der Waals surface area (Å²) in [6, 6.07) is 12.9. The lowest BCUT2D eigenvalue weighted by molar-refractivity contribution is -0.881. The molecule has 0 radical (unpaired) electrons. The second-order valence-electron chi connectivity index (χ2n) is 6.73. The number of anilines is 2. The van der Waals surface area contributed by atoms with Gasteiger partial charge in [0.1, 0.15) is 13.2 Å². The van der Waals surface area contributed by atoms with Crippen LogP contribution in [0.1, 0.15) is 12.5 Å². The summed E-state index contributed by atoms with van der Waals surface area (Å²) < 4.78 is 11.0. The van der Waals surface area contributed by atoms with E-state index in [2.05, 4.69) is 10.6 Å². The highest BCUT2D eigenvalue weighted by molar-refractivity contribution is 5.93. The van der Waals surface area contributed by atoms with Crippen molar-refractivity contribution in [3.63, 3.8) is 0 Å². The Kier molecular flexibility index (Phi) is 6.49. The van der Waals surface area contributed by atoms with Crippen LogP contribution in [0, 0.1) is 6.92 Å². The number of hydrogen-bond donors (Lipinski definition) is 3. The molecule has 28 heavy (non-hydrogen) atoms. The number of fused-ring (bicyclic) bond motifs is 1. The van der Waals surface area contributed by atoms with Crippen molar-refractivity contribution < 1.29 is 24.0 Å². The Bertz CT molecular complexity index is 853. The third-order valence-electron chi connectivity index (χ3n) is 4.57. The normalized spacial score (nSPS) is 13.5. The number of aryl methyl sites for hydroxylation is 1. The Morgan fingerprint density at radius 2 is 1.64 bits per heavy atom. The smallest absolute Gasteiger partial charge is 0.279 e. The number of ether oxygens (including phenoxy) is 2. The number of rotatable bonds is 7. The van der Waals surface area contributed by atoms with E-state index in [1.807, 2.05) is 38.1 Å². The molecule has 0 fully saturated rings. The van der Waals surface area contributed by atoms with Crippen LogP contribution in [0.3, 0.4) is 0 Å². The number of benzene rings is 2. The Morgan fingerprint density at radius 3 is 2.36 bits per heavy atom. The highest BCUT2D eigenvalue weighted by atomic mass is 16.6. The van der Waals surface area contributed by atoms with Crippen LogP contribution in [0.15, 0.2) is 42.5 Å². The molecule has 3 N–H and O–H groups in total. The predicted molar refractivity (Wildman–Crippen MR) is 107 cm³/mol. The minimum Gasteiger partial charge on any atom is -0.486 e. The summed E-state index contributed by atoms with van der Waals surface area (Å²) >= 11 is 0. The number of para-hydroxylation sites is 1. The fraction of sp³-hybridized carbons (Fsp3) is 0.333. The molecule has 0 bridgehead atoms. The molecule has 7 nitrogen and oxygen atoms in total. The second-order valence-corrected chi connectivity index (χ2v) is 6.73. The van der Waals surface area contributed by atoms with E-state index in [1.54, 1.807) is 18.2 Å². The highest BCUT2D eigenvalue weighted by Gasteiger charge is 2.18. The van der Waals surface area contributed by atoms with Crippen LogP contribution >= 0.6 is 0 Å². The minimum absolute atomic E-state index is 0.113. The number of quaternary nitrogens is 1. The van der Waals surface area contributed by atoms with E-state index in [1.165, 1.54) is 0 Å². The van der Waals surface area contributed by atoms with Gasteiger partial charge >= 0.3 is 0 Å². The van der Waals surface area contributed by atoms with E-state index in [4.69, 9.17) is 9.47 Å². The number of likely N-dealkylation sites (N-methyl/N-ethyl adjacent to an activating group) is 1. The summed E-state index contributed by atoms with van der Waals surface area (Å²) in [5, 5.41) is 5.77. The number of carbonyl (C=O) groups excluding carboxylic acids is 2. The molecule has 7 heteroatoms. The van der Waals surface area contributed by atoms with Crippen LogP contribution in [0.2, 0.25) is 0 Å². The standard InChI is InChI=1S/C21H25N3O4/c1-3-24(14-21(26)23-17-7-5-4-6-15(17)2)13-20(25)22-16-8-9-18-19(12-16)28-11-10-27-18/h4-9,12H,3,10-11,13-14H2,1-2H3,(H,22,25)(H,23,26)/p+1. The Morgan fingerprint density at radius 1 is 0.964 bits per heavy atom. The summed E-state index contributed by atoms with van der Waals surface area (Å²) in [6.07, 6.45) is 0. The zero-order chi connectivity index (χ0) is 19.9. The van der Waals surface area contributed by atoms with Crippen molar-refractivity contribution in [1.29, 1.82) is 0 Å². The number of hydrogen-bond acceptors (Lipinski definition) is 4. The van der Waals surface area contributed by atoms with E-state index >= 15 is 0 Å². The molecule has 1 aliphatic heterocycles. The van der Waals surface area contributed by atoms with Gasteiger partial charge in [-0.05, 0) is 37.6 Å². The number of nitrogens with one attached hydrogen (secondary N) is 3. The van der Waals surface area contributed by atoms with Gasteiger partial charge in [-0.25, -0.2) is 0 Å². The zero-order valence-electron chi connectivity index (χ0n) is 16.2. The molecule has 0 aliphatic carbocycles. The minimum atomic E-state index is -0.155. The van der Waals surface area contributed by atoms with E-state index < -0.39 is 0 Å². The molecule has 0 saturated heterocycles. The average Bonchev–Trinajstić information content (AvgIpc) is 2.69. The maximum Gasteiger partial charge on any atom is 0.279 e. The van der Waals surface area contributed by atoms with Gasteiger partial charge in [0.2, 0.25) is 0 Å². The van der Waals surface area contributed by atoms with Crippen molar-refractivity contribution in [2.45, 2.75) is 13.8 Å². The molecule has 0 spiro atoms. The van der Waals surface area contributed by atoms with Gasteiger partial charge in [-0.3, -0.25) is 9.59 Å². The molecule has 1 atom stereocenters. The fourth-order valence-electron chi connectivity index (χ4n) is 3.00. The van der Waals surface area contributed by atoms with Crippen LogP contribution in [-0.2, 0) is 9.59 Å². The van der Waals surface area contributed by atoms with Gasteiger partial charge in [0.25, 0.3) is 11.8 Å². The monoisotopic (exact) mass is 384 g/mol. The lowest BCUT2D eigenvalue weighted by Gasteiger charge is -2.20.